The molecule has 2 saturated heterocycles. The zero-order chi connectivity index (χ0) is 27.0. The number of hydrogen-bond donors (Lipinski definition) is 6. The maximum atomic E-state index is 12.0. The highest BCUT2D eigenvalue weighted by atomic mass is 31.3. The van der Waals surface area contributed by atoms with Gasteiger partial charge >= 0.3 is 5.69 Å². The van der Waals surface area contributed by atoms with Crippen molar-refractivity contribution >= 4 is 21.9 Å². The monoisotopic (exact) mass is 562 g/mol. The first kappa shape index (κ1) is 28.9. The summed E-state index contributed by atoms with van der Waals surface area (Å²) in [6, 6.07) is 0.906. The summed E-state index contributed by atoms with van der Waals surface area (Å²) >= 11 is 0. The summed E-state index contributed by atoms with van der Waals surface area (Å²) in [4.78, 5) is 59.7. The third kappa shape index (κ3) is 6.42. The molecule has 2 fully saturated rings. The molecule has 1 aromatic rings. The molecule has 11 unspecified atom stereocenters. The molecule has 0 radical (unpaired) electrons. The molecule has 3 rings (SSSR count). The number of rotatable bonds is 9. The lowest BCUT2D eigenvalue weighted by molar-refractivity contribution is -0.296. The number of phosphoric ester groups is 2. The fraction of sp³-hybridized carbons (Fsp3) is 0.667. The van der Waals surface area contributed by atoms with Crippen molar-refractivity contribution in [3.8, 4) is 0 Å². The third-order valence-electron chi connectivity index (χ3n) is 5.03. The first-order valence-corrected chi connectivity index (χ1v) is 12.7. The molecule has 19 nitrogen and oxygen atoms in total. The Morgan fingerprint density at radius 1 is 1.00 bits per heavy atom. The summed E-state index contributed by atoms with van der Waals surface area (Å²) < 4.78 is 46.9. The minimum Gasteiger partial charge on any atom is -0.756 e. The van der Waals surface area contributed by atoms with Gasteiger partial charge in [-0.3, -0.25) is 28.0 Å². The maximum absolute atomic E-state index is 12.0. The number of aliphatic hydroxyl groups excluding tert-OH is 5. The SMILES string of the molecule is O=CC1OC(OP(=O)([O-])OP(=O)([O-])OCC2OC(n3ccc(=O)[nH]c3=O)C(O)C2O)C(O)C(O)C1O. The van der Waals surface area contributed by atoms with Crippen LogP contribution in [0.3, 0.4) is 0 Å². The molecule has 0 amide bonds. The van der Waals surface area contributed by atoms with Crippen molar-refractivity contribution in [2.75, 3.05) is 6.61 Å². The van der Waals surface area contributed by atoms with Gasteiger partial charge in [0.1, 0.15) is 42.7 Å². The largest absolute Gasteiger partial charge is 0.756 e. The van der Waals surface area contributed by atoms with Crippen LogP contribution in [0.2, 0.25) is 0 Å². The number of ether oxygens (including phenoxy) is 2. The smallest absolute Gasteiger partial charge is 0.330 e. The minimum absolute atomic E-state index is 0.0376. The van der Waals surface area contributed by atoms with Crippen molar-refractivity contribution < 1.29 is 72.1 Å². The van der Waals surface area contributed by atoms with E-state index in [4.69, 9.17) is 4.74 Å². The third-order valence-corrected chi connectivity index (χ3v) is 7.56. The molecule has 6 N–H and O–H groups in total. The standard InChI is InChI=1S/C15H22N2O17P2/c18-3-5-8(20)10(22)12(24)14(32-5)33-36(28,29)34-35(26,27)30-4-6-9(21)11(23)13(31-6)17-2-1-7(19)16-15(17)25/h1-3,5-6,8-14,20-24H,4H2,(H,26,27)(H,28,29)(H,16,19,25)/p-2. The van der Waals surface area contributed by atoms with Crippen LogP contribution in [-0.2, 0) is 36.8 Å². The zero-order valence-corrected chi connectivity index (χ0v) is 19.4. The second kappa shape index (κ2) is 11.0. The van der Waals surface area contributed by atoms with Gasteiger partial charge in [-0.2, -0.15) is 0 Å². The molecule has 36 heavy (non-hydrogen) atoms. The predicted octanol–water partition coefficient (Wildman–Crippen LogP) is -5.85. The summed E-state index contributed by atoms with van der Waals surface area (Å²) in [5.41, 5.74) is -1.79. The molecule has 0 spiro atoms. The van der Waals surface area contributed by atoms with Crippen LogP contribution in [0.15, 0.2) is 21.9 Å². The first-order valence-electron chi connectivity index (χ1n) is 9.80. The van der Waals surface area contributed by atoms with E-state index in [1.54, 1.807) is 0 Å². The van der Waals surface area contributed by atoms with E-state index in [0.29, 0.717) is 4.57 Å². The van der Waals surface area contributed by atoms with Gasteiger partial charge in [-0.05, 0) is 0 Å². The Balaban J connectivity index is 1.62. The highest BCUT2D eigenvalue weighted by Crippen LogP contribution is 2.57. The molecule has 2 aliphatic heterocycles. The molecule has 0 bridgehead atoms. The van der Waals surface area contributed by atoms with Crippen LogP contribution < -0.4 is 21.0 Å². The highest BCUT2D eigenvalue weighted by Gasteiger charge is 2.47. The van der Waals surface area contributed by atoms with Crippen molar-refractivity contribution in [2.24, 2.45) is 0 Å². The Hall–Kier alpha value is -1.67. The molecule has 21 heteroatoms. The Morgan fingerprint density at radius 2 is 1.67 bits per heavy atom. The van der Waals surface area contributed by atoms with Crippen molar-refractivity contribution in [1.82, 2.24) is 9.55 Å². The molecule has 2 aliphatic rings. The van der Waals surface area contributed by atoms with Crippen LogP contribution in [0.4, 0.5) is 0 Å². The minimum atomic E-state index is -5.94. The van der Waals surface area contributed by atoms with Crippen LogP contribution in [0.1, 0.15) is 6.23 Å². The summed E-state index contributed by atoms with van der Waals surface area (Å²) in [5.74, 6) is 0. The van der Waals surface area contributed by atoms with Crippen molar-refractivity contribution in [3.05, 3.63) is 33.1 Å². The van der Waals surface area contributed by atoms with Crippen LogP contribution in [0.5, 0.6) is 0 Å². The number of carbonyl (C=O) groups is 1. The second-order valence-corrected chi connectivity index (χ2v) is 10.4. The van der Waals surface area contributed by atoms with Gasteiger partial charge in [-0.15, -0.1) is 0 Å². The van der Waals surface area contributed by atoms with Crippen LogP contribution in [-0.4, -0.2) is 97.0 Å². The molecule has 3 heterocycles. The molecule has 0 saturated carbocycles. The first-order chi connectivity index (χ1) is 16.7. The lowest BCUT2D eigenvalue weighted by atomic mass is 10.00. The molecular weight excluding hydrogens is 542 g/mol. The fourth-order valence-corrected chi connectivity index (χ4v) is 5.34. The Bertz CT molecular complexity index is 1160. The Labute approximate surface area is 199 Å². The molecule has 0 aliphatic carbocycles. The van der Waals surface area contributed by atoms with Gasteiger partial charge in [0.05, 0.1) is 6.61 Å². The van der Waals surface area contributed by atoms with E-state index in [1.807, 2.05) is 4.98 Å². The van der Waals surface area contributed by atoms with Crippen LogP contribution >= 0.6 is 15.6 Å². The lowest BCUT2D eigenvalue weighted by Crippen LogP contribution is -2.58. The second-order valence-electron chi connectivity index (χ2n) is 7.52. The maximum Gasteiger partial charge on any atom is 0.330 e. The van der Waals surface area contributed by atoms with Crippen molar-refractivity contribution in [2.45, 2.75) is 55.2 Å². The van der Waals surface area contributed by atoms with Gasteiger partial charge in [0, 0.05) is 12.3 Å². The van der Waals surface area contributed by atoms with Gasteiger partial charge in [-0.25, -0.2) is 9.11 Å². The van der Waals surface area contributed by atoms with E-state index in [0.717, 1.165) is 12.3 Å². The number of hydrogen-bond acceptors (Lipinski definition) is 17. The quantitative estimate of drug-likeness (QED) is 0.121. The highest BCUT2D eigenvalue weighted by molar-refractivity contribution is 7.59. The number of carbonyl (C=O) groups excluding carboxylic acids is 1. The number of phosphoric acid groups is 2. The topological polar surface area (TPSA) is 299 Å². The van der Waals surface area contributed by atoms with Crippen molar-refractivity contribution in [1.29, 1.82) is 0 Å². The molecule has 1 aromatic heterocycles. The summed E-state index contributed by atoms with van der Waals surface area (Å²) in [7, 11) is -11.8. The fourth-order valence-electron chi connectivity index (χ4n) is 3.25. The van der Waals surface area contributed by atoms with E-state index in [2.05, 4.69) is 18.1 Å². The van der Waals surface area contributed by atoms with Gasteiger partial charge < -0.3 is 54.1 Å². The number of nitrogens with zero attached hydrogens (tertiary/aromatic N) is 1. The van der Waals surface area contributed by atoms with E-state index < -0.39 is 88.7 Å². The van der Waals surface area contributed by atoms with Gasteiger partial charge in [0.15, 0.2) is 18.8 Å². The average Bonchev–Trinajstić information content (AvgIpc) is 3.06. The van der Waals surface area contributed by atoms with Gasteiger partial charge in [0.2, 0.25) is 0 Å². The number of nitrogens with one attached hydrogen (secondary N) is 1. The van der Waals surface area contributed by atoms with Crippen LogP contribution in [0.25, 0.3) is 0 Å². The summed E-state index contributed by atoms with van der Waals surface area (Å²) in [6.45, 7) is -1.13. The number of H-pyrrole nitrogens is 1. The van der Waals surface area contributed by atoms with E-state index in [-0.39, 0.29) is 6.29 Å². The Morgan fingerprint density at radius 3 is 2.28 bits per heavy atom. The lowest BCUT2D eigenvalue weighted by Gasteiger charge is -2.40. The van der Waals surface area contributed by atoms with E-state index in [1.165, 1.54) is 0 Å². The number of aromatic nitrogens is 2. The van der Waals surface area contributed by atoms with E-state index >= 15 is 0 Å². The molecule has 0 aromatic carbocycles. The summed E-state index contributed by atoms with van der Waals surface area (Å²) in [5, 5.41) is 49.1. The Kier molecular flexibility index (Phi) is 8.81. The zero-order valence-electron chi connectivity index (χ0n) is 17.6. The van der Waals surface area contributed by atoms with Crippen LogP contribution in [0, 0.1) is 0 Å². The predicted molar refractivity (Wildman–Crippen MR) is 103 cm³/mol. The molecule has 204 valence electrons. The number of aliphatic hydroxyl groups is 5. The normalized spacial score (nSPS) is 38.2. The van der Waals surface area contributed by atoms with Gasteiger partial charge in [-0.1, -0.05) is 0 Å². The molecular formula is C15H20N2O17P2-2. The molecule has 11 atom stereocenters. The number of aldehydes is 1. The number of aromatic amines is 1. The average molecular weight is 562 g/mol. The van der Waals surface area contributed by atoms with Crippen molar-refractivity contribution in [3.63, 3.8) is 0 Å². The van der Waals surface area contributed by atoms with Gasteiger partial charge in [0.25, 0.3) is 21.2 Å². The summed E-state index contributed by atoms with van der Waals surface area (Å²) in [6.07, 6.45) is -16.5. The van der Waals surface area contributed by atoms with E-state index in [9.17, 15) is 58.8 Å².